The van der Waals surface area contributed by atoms with Gasteiger partial charge in [-0.1, -0.05) is 6.07 Å². The molecule has 1 aliphatic heterocycles. The summed E-state index contributed by atoms with van der Waals surface area (Å²) in [5.74, 6) is 2.26. The van der Waals surface area contributed by atoms with Crippen LogP contribution in [-0.2, 0) is 12.2 Å². The van der Waals surface area contributed by atoms with Crippen LogP contribution in [0.25, 0.3) is 5.69 Å². The third kappa shape index (κ3) is 1.59. The zero-order valence-electron chi connectivity index (χ0n) is 8.89. The highest BCUT2D eigenvalue weighted by atomic mass is 32.2. The van der Waals surface area contributed by atoms with Crippen LogP contribution < -0.4 is 5.73 Å². The summed E-state index contributed by atoms with van der Waals surface area (Å²) in [5, 5.41) is 4.46. The van der Waals surface area contributed by atoms with Crippen LogP contribution in [0.3, 0.4) is 0 Å². The van der Waals surface area contributed by atoms with E-state index in [1.54, 1.807) is 0 Å². The number of hydrogen-bond donors (Lipinski definition) is 1. The van der Waals surface area contributed by atoms with Crippen LogP contribution in [0, 0.1) is 0 Å². The third-order valence-corrected chi connectivity index (χ3v) is 3.82. The highest BCUT2D eigenvalue weighted by Crippen LogP contribution is 2.26. The fourth-order valence-electron chi connectivity index (χ4n) is 2.02. The highest BCUT2D eigenvalue weighted by molar-refractivity contribution is 7.98. The predicted molar refractivity (Wildman–Crippen MR) is 67.8 cm³/mol. The molecule has 0 spiro atoms. The summed E-state index contributed by atoms with van der Waals surface area (Å²) >= 11 is 1.97. The lowest BCUT2D eigenvalue weighted by Crippen LogP contribution is -2.08. The molecule has 1 aromatic heterocycles. The van der Waals surface area contributed by atoms with Crippen molar-refractivity contribution in [3.8, 4) is 5.69 Å². The molecule has 3 nitrogen and oxygen atoms in total. The first-order valence-electron chi connectivity index (χ1n) is 5.34. The van der Waals surface area contributed by atoms with Gasteiger partial charge in [-0.15, -0.1) is 0 Å². The molecule has 2 aromatic rings. The predicted octanol–water partition coefficient (Wildman–Crippen LogP) is 2.24. The topological polar surface area (TPSA) is 43.8 Å². The van der Waals surface area contributed by atoms with E-state index in [-0.39, 0.29) is 0 Å². The first-order valence-corrected chi connectivity index (χ1v) is 6.49. The van der Waals surface area contributed by atoms with Crippen LogP contribution in [0.4, 0.5) is 5.69 Å². The number of rotatable bonds is 1. The van der Waals surface area contributed by atoms with Crippen LogP contribution in [0.5, 0.6) is 0 Å². The molecule has 0 saturated carbocycles. The molecule has 1 aromatic carbocycles. The quantitative estimate of drug-likeness (QED) is 0.765. The van der Waals surface area contributed by atoms with E-state index in [0.29, 0.717) is 0 Å². The minimum absolute atomic E-state index is 0.784. The number of hydrogen-bond acceptors (Lipinski definition) is 3. The van der Waals surface area contributed by atoms with Gasteiger partial charge in [0.25, 0.3) is 0 Å². The van der Waals surface area contributed by atoms with E-state index in [9.17, 15) is 0 Å². The van der Waals surface area contributed by atoms with Crippen LogP contribution in [0.15, 0.2) is 30.5 Å². The summed E-state index contributed by atoms with van der Waals surface area (Å²) < 4.78 is 2.02. The third-order valence-electron chi connectivity index (χ3n) is 2.81. The standard InChI is InChI=1S/C12H13N3S/c13-10-2-1-3-11(6-10)15-12-4-5-16-8-9(12)7-14-15/h1-3,6-7H,4-5,8,13H2. The number of nitrogens with two attached hydrogens (primary N) is 1. The van der Waals surface area contributed by atoms with Crippen molar-refractivity contribution in [3.05, 3.63) is 41.7 Å². The molecule has 4 heteroatoms. The van der Waals surface area contributed by atoms with E-state index in [1.807, 2.05) is 46.9 Å². The minimum atomic E-state index is 0.784. The Balaban J connectivity index is 2.09. The van der Waals surface area contributed by atoms with E-state index in [2.05, 4.69) is 5.10 Å². The van der Waals surface area contributed by atoms with Crippen LogP contribution >= 0.6 is 11.8 Å². The molecule has 3 rings (SSSR count). The van der Waals surface area contributed by atoms with Gasteiger partial charge < -0.3 is 5.73 Å². The monoisotopic (exact) mass is 231 g/mol. The molecule has 0 fully saturated rings. The van der Waals surface area contributed by atoms with Crippen molar-refractivity contribution in [1.29, 1.82) is 0 Å². The lowest BCUT2D eigenvalue weighted by Gasteiger charge is -2.13. The molecular formula is C12H13N3S. The summed E-state index contributed by atoms with van der Waals surface area (Å²) in [6.45, 7) is 0. The van der Waals surface area contributed by atoms with Crippen LogP contribution in [0.2, 0.25) is 0 Å². The molecule has 0 saturated heterocycles. The van der Waals surface area contributed by atoms with E-state index >= 15 is 0 Å². The normalized spacial score (nSPS) is 14.8. The second kappa shape index (κ2) is 3.87. The van der Waals surface area contributed by atoms with Gasteiger partial charge in [0, 0.05) is 22.7 Å². The van der Waals surface area contributed by atoms with Crippen molar-refractivity contribution >= 4 is 17.4 Å². The second-order valence-electron chi connectivity index (χ2n) is 3.93. The summed E-state index contributed by atoms with van der Waals surface area (Å²) in [6, 6.07) is 7.88. The Morgan fingerprint density at radius 2 is 2.31 bits per heavy atom. The number of nitrogen functional groups attached to an aromatic ring is 1. The average molecular weight is 231 g/mol. The lowest BCUT2D eigenvalue weighted by atomic mass is 10.2. The number of aromatic nitrogens is 2. The maximum atomic E-state index is 5.80. The van der Waals surface area contributed by atoms with Gasteiger partial charge in [0.05, 0.1) is 11.9 Å². The molecular weight excluding hydrogens is 218 g/mol. The molecule has 0 radical (unpaired) electrons. The van der Waals surface area contributed by atoms with E-state index < -0.39 is 0 Å². The smallest absolute Gasteiger partial charge is 0.0669 e. The minimum Gasteiger partial charge on any atom is -0.399 e. The van der Waals surface area contributed by atoms with Crippen molar-refractivity contribution in [2.24, 2.45) is 0 Å². The Morgan fingerprint density at radius 1 is 1.38 bits per heavy atom. The van der Waals surface area contributed by atoms with Gasteiger partial charge in [-0.25, -0.2) is 4.68 Å². The van der Waals surface area contributed by atoms with Crippen molar-refractivity contribution in [2.45, 2.75) is 12.2 Å². The van der Waals surface area contributed by atoms with Gasteiger partial charge in [0.2, 0.25) is 0 Å². The number of thioether (sulfide) groups is 1. The maximum absolute atomic E-state index is 5.80. The lowest BCUT2D eigenvalue weighted by molar-refractivity contribution is 0.811. The number of nitrogens with zero attached hydrogens (tertiary/aromatic N) is 2. The summed E-state index contributed by atoms with van der Waals surface area (Å²) in [4.78, 5) is 0. The molecule has 16 heavy (non-hydrogen) atoms. The SMILES string of the molecule is Nc1cccc(-n2ncc3c2CCSC3)c1. The van der Waals surface area contributed by atoms with E-state index in [4.69, 9.17) is 5.73 Å². The van der Waals surface area contributed by atoms with Gasteiger partial charge in [-0.05, 0) is 30.4 Å². The molecule has 0 bridgehead atoms. The molecule has 0 unspecified atom stereocenters. The molecule has 1 aliphatic rings. The first kappa shape index (κ1) is 9.78. The largest absolute Gasteiger partial charge is 0.399 e. The summed E-state index contributed by atoms with van der Waals surface area (Å²) in [7, 11) is 0. The number of benzene rings is 1. The average Bonchev–Trinajstić information content (AvgIpc) is 2.72. The Labute approximate surface area is 98.6 Å². The second-order valence-corrected chi connectivity index (χ2v) is 5.03. The maximum Gasteiger partial charge on any atom is 0.0669 e. The van der Waals surface area contributed by atoms with Crippen molar-refractivity contribution < 1.29 is 0 Å². The molecule has 0 atom stereocenters. The van der Waals surface area contributed by atoms with Crippen molar-refractivity contribution in [2.75, 3.05) is 11.5 Å². The van der Waals surface area contributed by atoms with E-state index in [0.717, 1.165) is 23.5 Å². The van der Waals surface area contributed by atoms with Gasteiger partial charge in [0.1, 0.15) is 0 Å². The molecule has 0 aliphatic carbocycles. The van der Waals surface area contributed by atoms with Crippen molar-refractivity contribution in [3.63, 3.8) is 0 Å². The zero-order valence-corrected chi connectivity index (χ0v) is 9.70. The zero-order chi connectivity index (χ0) is 11.0. The Morgan fingerprint density at radius 3 is 3.19 bits per heavy atom. The summed E-state index contributed by atoms with van der Waals surface area (Å²) in [6.07, 6.45) is 3.07. The van der Waals surface area contributed by atoms with Gasteiger partial charge in [-0.3, -0.25) is 0 Å². The van der Waals surface area contributed by atoms with E-state index in [1.165, 1.54) is 17.0 Å². The molecule has 0 amide bonds. The molecule has 2 heterocycles. The Bertz CT molecular complexity index is 519. The van der Waals surface area contributed by atoms with Crippen LogP contribution in [0.1, 0.15) is 11.3 Å². The summed E-state index contributed by atoms with van der Waals surface area (Å²) in [5.41, 5.74) is 10.3. The number of fused-ring (bicyclic) bond motifs is 1. The Kier molecular flexibility index (Phi) is 2.36. The van der Waals surface area contributed by atoms with Crippen LogP contribution in [-0.4, -0.2) is 15.5 Å². The fourth-order valence-corrected chi connectivity index (χ4v) is 2.97. The Hall–Kier alpha value is -1.42. The highest BCUT2D eigenvalue weighted by Gasteiger charge is 2.15. The number of anilines is 1. The van der Waals surface area contributed by atoms with Gasteiger partial charge >= 0.3 is 0 Å². The first-order chi connectivity index (χ1) is 7.84. The van der Waals surface area contributed by atoms with Gasteiger partial charge in [-0.2, -0.15) is 16.9 Å². The van der Waals surface area contributed by atoms with Crippen molar-refractivity contribution in [1.82, 2.24) is 9.78 Å². The molecule has 2 N–H and O–H groups in total. The fraction of sp³-hybridized carbons (Fsp3) is 0.250. The van der Waals surface area contributed by atoms with Gasteiger partial charge in [0.15, 0.2) is 0 Å². The molecule has 82 valence electrons.